The number of amidine groups is 1. The molecule has 6 nitrogen and oxygen atoms in total. The van der Waals surface area contributed by atoms with E-state index in [1.54, 1.807) is 0 Å². The second-order valence-electron chi connectivity index (χ2n) is 6.58. The van der Waals surface area contributed by atoms with Crippen molar-refractivity contribution in [3.05, 3.63) is 35.8 Å². The molecular formula is C18H23N5O. The number of aliphatic hydroxyl groups excluding tert-OH is 1. The first-order chi connectivity index (χ1) is 11.7. The van der Waals surface area contributed by atoms with Crippen LogP contribution in [0.2, 0.25) is 0 Å². The molecule has 1 aromatic carbocycles. The number of aliphatic hydroxyl groups is 1. The Morgan fingerprint density at radius 2 is 2.21 bits per heavy atom. The standard InChI is InChI=1S/C18H23N5O/c1-2-22-9-5-6-12(22)10-23-11-15(24)16(17(23)19)18-20-13-7-3-4-8-14(13)21-18/h3-4,7-8,12,19,24H,2,5-6,9-11H2,1H3,(H,20,21)/t12-/m0/s1. The van der Waals surface area contributed by atoms with Crippen LogP contribution in [0.3, 0.4) is 0 Å². The summed E-state index contributed by atoms with van der Waals surface area (Å²) >= 11 is 0. The zero-order chi connectivity index (χ0) is 16.7. The van der Waals surface area contributed by atoms with E-state index in [1.807, 2.05) is 29.2 Å². The molecule has 3 heterocycles. The molecule has 0 unspecified atom stereocenters. The van der Waals surface area contributed by atoms with E-state index in [-0.39, 0.29) is 5.76 Å². The normalized spacial score (nSPS) is 22.3. The molecular weight excluding hydrogens is 302 g/mol. The Kier molecular flexibility index (Phi) is 3.76. The fourth-order valence-electron chi connectivity index (χ4n) is 3.88. The Balaban J connectivity index is 1.56. The number of aromatic amines is 1. The van der Waals surface area contributed by atoms with Crippen LogP contribution >= 0.6 is 0 Å². The molecule has 1 atom stereocenters. The number of likely N-dealkylation sites (tertiary alicyclic amines) is 1. The highest BCUT2D eigenvalue weighted by molar-refractivity contribution is 6.23. The molecule has 0 saturated carbocycles. The van der Waals surface area contributed by atoms with Crippen molar-refractivity contribution in [2.75, 3.05) is 26.2 Å². The lowest BCUT2D eigenvalue weighted by Gasteiger charge is -2.28. The highest BCUT2D eigenvalue weighted by atomic mass is 16.3. The molecule has 1 saturated heterocycles. The van der Waals surface area contributed by atoms with Crippen LogP contribution in [0.1, 0.15) is 25.6 Å². The van der Waals surface area contributed by atoms with Crippen molar-refractivity contribution in [3.63, 3.8) is 0 Å². The molecule has 6 heteroatoms. The maximum absolute atomic E-state index is 10.4. The van der Waals surface area contributed by atoms with Gasteiger partial charge in [0.1, 0.15) is 17.4 Å². The first-order valence-corrected chi connectivity index (χ1v) is 8.62. The summed E-state index contributed by atoms with van der Waals surface area (Å²) < 4.78 is 0. The van der Waals surface area contributed by atoms with E-state index in [0.717, 1.165) is 30.7 Å². The Hall–Kier alpha value is -2.34. The summed E-state index contributed by atoms with van der Waals surface area (Å²) in [4.78, 5) is 12.2. The van der Waals surface area contributed by atoms with Crippen molar-refractivity contribution in [1.82, 2.24) is 19.8 Å². The molecule has 2 aliphatic rings. The SMILES string of the molecule is CCN1CCC[C@H]1CN1CC(O)=C(c2nc3ccccc3[nH]2)C1=N. The Morgan fingerprint density at radius 3 is 3.00 bits per heavy atom. The lowest BCUT2D eigenvalue weighted by Crippen LogP contribution is -2.41. The van der Waals surface area contributed by atoms with Crippen LogP contribution < -0.4 is 0 Å². The van der Waals surface area contributed by atoms with Crippen molar-refractivity contribution in [3.8, 4) is 0 Å². The highest BCUT2D eigenvalue weighted by Crippen LogP contribution is 2.28. The summed E-state index contributed by atoms with van der Waals surface area (Å²) in [7, 11) is 0. The average Bonchev–Trinajstić information content (AvgIpc) is 3.25. The second-order valence-corrected chi connectivity index (χ2v) is 6.58. The van der Waals surface area contributed by atoms with Crippen LogP contribution in [0, 0.1) is 5.41 Å². The third kappa shape index (κ3) is 2.47. The van der Waals surface area contributed by atoms with E-state index in [0.29, 0.717) is 29.8 Å². The molecule has 0 radical (unpaired) electrons. The van der Waals surface area contributed by atoms with Gasteiger partial charge in [-0.05, 0) is 38.1 Å². The van der Waals surface area contributed by atoms with E-state index < -0.39 is 0 Å². The van der Waals surface area contributed by atoms with Gasteiger partial charge in [-0.25, -0.2) is 4.98 Å². The number of rotatable bonds is 4. The number of hydrogen-bond donors (Lipinski definition) is 3. The molecule has 126 valence electrons. The van der Waals surface area contributed by atoms with Crippen LogP contribution in [0.25, 0.3) is 16.6 Å². The number of imidazole rings is 1. The van der Waals surface area contributed by atoms with Crippen LogP contribution in [0.15, 0.2) is 30.0 Å². The van der Waals surface area contributed by atoms with Gasteiger partial charge in [0.2, 0.25) is 0 Å². The van der Waals surface area contributed by atoms with E-state index in [1.165, 1.54) is 12.8 Å². The van der Waals surface area contributed by atoms with Crippen molar-refractivity contribution < 1.29 is 5.11 Å². The first-order valence-electron chi connectivity index (χ1n) is 8.62. The van der Waals surface area contributed by atoms with Crippen molar-refractivity contribution >= 4 is 22.4 Å². The third-order valence-corrected chi connectivity index (χ3v) is 5.14. The van der Waals surface area contributed by atoms with Gasteiger partial charge in [-0.15, -0.1) is 0 Å². The lowest BCUT2D eigenvalue weighted by molar-refractivity contribution is 0.222. The first kappa shape index (κ1) is 15.2. The highest BCUT2D eigenvalue weighted by Gasteiger charge is 2.33. The van der Waals surface area contributed by atoms with Crippen molar-refractivity contribution in [2.24, 2.45) is 0 Å². The number of likely N-dealkylation sites (N-methyl/N-ethyl adjacent to an activating group) is 1. The van der Waals surface area contributed by atoms with Crippen LogP contribution in [0.4, 0.5) is 0 Å². The molecule has 4 rings (SSSR count). The number of para-hydroxylation sites is 2. The fraction of sp³-hybridized carbons (Fsp3) is 0.444. The Bertz CT molecular complexity index is 776. The maximum Gasteiger partial charge on any atom is 0.145 e. The van der Waals surface area contributed by atoms with Crippen LogP contribution in [0.5, 0.6) is 0 Å². The fourth-order valence-corrected chi connectivity index (χ4v) is 3.88. The summed E-state index contributed by atoms with van der Waals surface area (Å²) in [5.74, 6) is 1.19. The van der Waals surface area contributed by atoms with Crippen molar-refractivity contribution in [2.45, 2.75) is 25.8 Å². The van der Waals surface area contributed by atoms with Gasteiger partial charge < -0.3 is 15.0 Å². The summed E-state index contributed by atoms with van der Waals surface area (Å²) in [6.45, 7) is 5.56. The number of nitrogens with one attached hydrogen (secondary N) is 2. The molecule has 1 fully saturated rings. The number of fused-ring (bicyclic) bond motifs is 1. The predicted molar refractivity (Wildman–Crippen MR) is 95.2 cm³/mol. The second kappa shape index (κ2) is 5.94. The minimum atomic E-state index is 0.236. The number of aromatic nitrogens is 2. The molecule has 0 aliphatic carbocycles. The van der Waals surface area contributed by atoms with Gasteiger partial charge in [-0.1, -0.05) is 19.1 Å². The summed E-state index contributed by atoms with van der Waals surface area (Å²) in [6.07, 6.45) is 2.38. The van der Waals surface area contributed by atoms with Gasteiger partial charge in [-0.3, -0.25) is 10.3 Å². The number of H-pyrrole nitrogens is 1. The van der Waals surface area contributed by atoms with E-state index in [4.69, 9.17) is 5.41 Å². The molecule has 0 amide bonds. The third-order valence-electron chi connectivity index (χ3n) is 5.14. The van der Waals surface area contributed by atoms with Gasteiger partial charge in [-0.2, -0.15) is 0 Å². The van der Waals surface area contributed by atoms with Gasteiger partial charge >= 0.3 is 0 Å². The van der Waals surface area contributed by atoms with Gasteiger partial charge in [0.05, 0.1) is 23.2 Å². The smallest absolute Gasteiger partial charge is 0.145 e. The molecule has 2 aliphatic heterocycles. The average molecular weight is 325 g/mol. The van der Waals surface area contributed by atoms with Gasteiger partial charge in [0, 0.05) is 12.6 Å². The molecule has 24 heavy (non-hydrogen) atoms. The Labute approximate surface area is 141 Å². The monoisotopic (exact) mass is 325 g/mol. The van der Waals surface area contributed by atoms with Crippen LogP contribution in [-0.4, -0.2) is 62.9 Å². The minimum Gasteiger partial charge on any atom is -0.510 e. The topological polar surface area (TPSA) is 79.2 Å². The summed E-state index contributed by atoms with van der Waals surface area (Å²) in [5.41, 5.74) is 2.31. The lowest BCUT2D eigenvalue weighted by atomic mass is 10.2. The van der Waals surface area contributed by atoms with Crippen molar-refractivity contribution in [1.29, 1.82) is 5.41 Å². The summed E-state index contributed by atoms with van der Waals surface area (Å²) in [6, 6.07) is 8.24. The predicted octanol–water partition coefficient (Wildman–Crippen LogP) is 2.61. The van der Waals surface area contributed by atoms with Gasteiger partial charge in [0.25, 0.3) is 0 Å². The minimum absolute atomic E-state index is 0.236. The van der Waals surface area contributed by atoms with E-state index >= 15 is 0 Å². The quantitative estimate of drug-likeness (QED) is 0.807. The number of nitrogens with zero attached hydrogens (tertiary/aromatic N) is 3. The zero-order valence-corrected chi connectivity index (χ0v) is 13.9. The van der Waals surface area contributed by atoms with Crippen LogP contribution in [-0.2, 0) is 0 Å². The number of benzene rings is 1. The molecule has 1 aromatic heterocycles. The summed E-state index contributed by atoms with van der Waals surface area (Å²) in [5, 5.41) is 18.9. The number of hydrogen-bond acceptors (Lipinski definition) is 4. The Morgan fingerprint density at radius 1 is 1.38 bits per heavy atom. The largest absolute Gasteiger partial charge is 0.510 e. The molecule has 3 N–H and O–H groups in total. The molecule has 0 bridgehead atoms. The van der Waals surface area contributed by atoms with E-state index in [9.17, 15) is 5.11 Å². The maximum atomic E-state index is 10.4. The van der Waals surface area contributed by atoms with E-state index in [2.05, 4.69) is 21.8 Å². The molecule has 2 aromatic rings. The molecule has 0 spiro atoms. The van der Waals surface area contributed by atoms with Gasteiger partial charge in [0.15, 0.2) is 0 Å². The zero-order valence-electron chi connectivity index (χ0n) is 13.9.